The molecule has 0 amide bonds. The molecule has 162 valence electrons. The van der Waals surface area contributed by atoms with Crippen LogP contribution in [0.5, 0.6) is 11.5 Å². The second kappa shape index (κ2) is 9.40. The van der Waals surface area contributed by atoms with E-state index in [0.717, 1.165) is 0 Å². The number of aliphatic carboxylic acids is 1. The van der Waals surface area contributed by atoms with Crippen LogP contribution in [0.2, 0.25) is 0 Å². The van der Waals surface area contributed by atoms with Gasteiger partial charge >= 0.3 is 11.9 Å². The zero-order valence-electron chi connectivity index (χ0n) is 16.3. The van der Waals surface area contributed by atoms with Gasteiger partial charge in [-0.3, -0.25) is 9.59 Å². The number of ether oxygens (including phenoxy) is 3. The van der Waals surface area contributed by atoms with Crippen molar-refractivity contribution in [3.8, 4) is 11.5 Å². The van der Waals surface area contributed by atoms with E-state index in [9.17, 15) is 30.0 Å². The predicted octanol–water partition coefficient (Wildman–Crippen LogP) is 0.0283. The summed E-state index contributed by atoms with van der Waals surface area (Å²) in [5, 5.41) is 48.9. The first-order valence-corrected chi connectivity index (χ1v) is 9.08. The van der Waals surface area contributed by atoms with E-state index in [0.29, 0.717) is 16.9 Å². The lowest BCUT2D eigenvalue weighted by atomic mass is 9.98. The van der Waals surface area contributed by atoms with Gasteiger partial charge in [-0.2, -0.15) is 0 Å². The van der Waals surface area contributed by atoms with Gasteiger partial charge in [-0.05, 0) is 30.5 Å². The highest BCUT2D eigenvalue weighted by atomic mass is 16.7. The van der Waals surface area contributed by atoms with Crippen LogP contribution in [0.15, 0.2) is 12.1 Å². The molecule has 1 heterocycles. The van der Waals surface area contributed by atoms with Crippen molar-refractivity contribution >= 4 is 11.9 Å². The fourth-order valence-electron chi connectivity index (χ4n) is 2.87. The number of rotatable bonds is 7. The van der Waals surface area contributed by atoms with Crippen LogP contribution in [0.4, 0.5) is 0 Å². The van der Waals surface area contributed by atoms with Gasteiger partial charge in [0.25, 0.3) is 0 Å². The largest absolute Gasteiger partial charge is 0.508 e. The van der Waals surface area contributed by atoms with Crippen LogP contribution in [-0.4, -0.2) is 74.8 Å². The lowest BCUT2D eigenvalue weighted by molar-refractivity contribution is -0.278. The average Bonchev–Trinajstić information content (AvgIpc) is 2.63. The Labute approximate surface area is 167 Å². The highest BCUT2D eigenvalue weighted by molar-refractivity contribution is 5.90. The van der Waals surface area contributed by atoms with Crippen molar-refractivity contribution in [2.24, 2.45) is 0 Å². The Balaban J connectivity index is 2.17. The second-order valence-corrected chi connectivity index (χ2v) is 7.22. The lowest BCUT2D eigenvalue weighted by Gasteiger charge is -2.40. The number of phenols is 1. The number of carbonyl (C=O) groups is 2. The molecule has 0 radical (unpaired) electrons. The molecular formula is C19H26O10. The van der Waals surface area contributed by atoms with E-state index in [1.165, 1.54) is 6.07 Å². The Morgan fingerprint density at radius 3 is 2.38 bits per heavy atom. The van der Waals surface area contributed by atoms with Gasteiger partial charge in [-0.25, -0.2) is 0 Å². The van der Waals surface area contributed by atoms with E-state index in [1.807, 2.05) is 13.8 Å². The molecule has 1 fully saturated rings. The number of carboxylic acid groups (broad SMARTS) is 1. The molecule has 1 aliphatic rings. The number of phenolic OH excluding ortho intramolecular Hbond substituents is 1. The lowest BCUT2D eigenvalue weighted by Crippen LogP contribution is -2.60. The third-order valence-corrected chi connectivity index (χ3v) is 4.57. The third-order valence-electron chi connectivity index (χ3n) is 4.57. The first-order valence-electron chi connectivity index (χ1n) is 9.08. The molecule has 0 unspecified atom stereocenters. The number of carbonyl (C=O) groups excluding carboxylic acids is 1. The minimum atomic E-state index is -1.65. The summed E-state index contributed by atoms with van der Waals surface area (Å²) in [7, 11) is 0. The summed E-state index contributed by atoms with van der Waals surface area (Å²) in [6.07, 6.45) is -8.37. The summed E-state index contributed by atoms with van der Waals surface area (Å²) < 4.78 is 16.0. The van der Waals surface area contributed by atoms with Crippen LogP contribution in [0.1, 0.15) is 37.3 Å². The van der Waals surface area contributed by atoms with Crippen LogP contribution >= 0.6 is 0 Å². The quantitative estimate of drug-likeness (QED) is 0.304. The van der Waals surface area contributed by atoms with Crippen molar-refractivity contribution in [2.45, 2.75) is 63.8 Å². The third kappa shape index (κ3) is 5.57. The van der Waals surface area contributed by atoms with Gasteiger partial charge in [0.05, 0.1) is 0 Å². The monoisotopic (exact) mass is 414 g/mol. The number of aryl methyl sites for hydroxylation is 1. The number of aromatic hydroxyl groups is 1. The zero-order chi connectivity index (χ0) is 21.9. The molecule has 5 N–H and O–H groups in total. The van der Waals surface area contributed by atoms with Gasteiger partial charge in [0, 0.05) is 5.56 Å². The smallest absolute Gasteiger partial charge is 0.317 e. The molecule has 0 spiro atoms. The van der Waals surface area contributed by atoms with Gasteiger partial charge < -0.3 is 39.7 Å². The van der Waals surface area contributed by atoms with Crippen molar-refractivity contribution in [1.29, 1.82) is 0 Å². The van der Waals surface area contributed by atoms with E-state index in [1.54, 1.807) is 13.0 Å². The van der Waals surface area contributed by atoms with Crippen LogP contribution < -0.4 is 4.74 Å². The van der Waals surface area contributed by atoms with Gasteiger partial charge in [0.15, 0.2) is 0 Å². The molecule has 5 atom stereocenters. The topological polar surface area (TPSA) is 163 Å². The van der Waals surface area contributed by atoms with E-state index in [2.05, 4.69) is 0 Å². The standard InChI is InChI=1S/C19H26O10/c1-8(2)10-5-11(20)9(3)4-12(10)28-19-18(26)17(25)16(24)13(29-19)7-27-15(23)6-14(21)22/h4-5,8,13,16-20,24-26H,6-7H2,1-3H3,(H,21,22)/t13-,16-,17+,18-,19+/m1/s1. The molecule has 0 aromatic heterocycles. The Kier molecular flexibility index (Phi) is 7.42. The highest BCUT2D eigenvalue weighted by Crippen LogP contribution is 2.35. The molecule has 2 rings (SSSR count). The zero-order valence-corrected chi connectivity index (χ0v) is 16.3. The van der Waals surface area contributed by atoms with E-state index >= 15 is 0 Å². The molecule has 0 bridgehead atoms. The number of esters is 1. The van der Waals surface area contributed by atoms with Crippen molar-refractivity contribution < 1.29 is 49.3 Å². The summed E-state index contributed by atoms with van der Waals surface area (Å²) in [5.41, 5.74) is 1.16. The first-order chi connectivity index (χ1) is 13.5. The molecule has 1 aromatic carbocycles. The Morgan fingerprint density at radius 2 is 1.79 bits per heavy atom. The minimum Gasteiger partial charge on any atom is -0.508 e. The summed E-state index contributed by atoms with van der Waals surface area (Å²) in [5.74, 6) is -2.07. The summed E-state index contributed by atoms with van der Waals surface area (Å²) in [4.78, 5) is 21.9. The maximum absolute atomic E-state index is 11.4. The fraction of sp³-hybridized carbons (Fsp3) is 0.579. The van der Waals surface area contributed by atoms with Crippen LogP contribution in [0.25, 0.3) is 0 Å². The molecule has 1 aliphatic heterocycles. The first kappa shape index (κ1) is 22.9. The number of aliphatic hydroxyl groups excluding tert-OH is 3. The molecular weight excluding hydrogens is 388 g/mol. The number of benzene rings is 1. The van der Waals surface area contributed by atoms with Gasteiger partial charge in [0.1, 0.15) is 48.9 Å². The normalized spacial score (nSPS) is 26.9. The summed E-state index contributed by atoms with van der Waals surface area (Å²) >= 11 is 0. The molecule has 10 nitrogen and oxygen atoms in total. The van der Waals surface area contributed by atoms with Crippen molar-refractivity contribution in [3.05, 3.63) is 23.3 Å². The second-order valence-electron chi connectivity index (χ2n) is 7.22. The van der Waals surface area contributed by atoms with Crippen LogP contribution in [0.3, 0.4) is 0 Å². The maximum atomic E-state index is 11.4. The summed E-state index contributed by atoms with van der Waals surface area (Å²) in [6, 6.07) is 3.08. The van der Waals surface area contributed by atoms with Gasteiger partial charge in [-0.1, -0.05) is 13.8 Å². The number of carboxylic acids is 1. The Hall–Kier alpha value is -2.40. The van der Waals surface area contributed by atoms with E-state index in [-0.39, 0.29) is 11.7 Å². The average molecular weight is 414 g/mol. The van der Waals surface area contributed by atoms with E-state index < -0.39 is 55.7 Å². The SMILES string of the molecule is Cc1cc(O[C@H]2O[C@H](COC(=O)CC(=O)O)[C@@H](O)[C@H](O)[C@H]2O)c(C(C)C)cc1O. The molecule has 1 saturated heterocycles. The molecule has 0 aliphatic carbocycles. The number of hydrogen-bond donors (Lipinski definition) is 5. The van der Waals surface area contributed by atoms with E-state index in [4.69, 9.17) is 19.3 Å². The predicted molar refractivity (Wildman–Crippen MR) is 97.5 cm³/mol. The number of hydrogen-bond acceptors (Lipinski definition) is 9. The van der Waals surface area contributed by atoms with Gasteiger partial charge in [0.2, 0.25) is 6.29 Å². The fourth-order valence-corrected chi connectivity index (χ4v) is 2.87. The molecule has 0 saturated carbocycles. The number of aliphatic hydroxyl groups is 3. The van der Waals surface area contributed by atoms with Crippen molar-refractivity contribution in [3.63, 3.8) is 0 Å². The maximum Gasteiger partial charge on any atom is 0.317 e. The van der Waals surface area contributed by atoms with Crippen LogP contribution in [0, 0.1) is 6.92 Å². The Bertz CT molecular complexity index is 747. The van der Waals surface area contributed by atoms with Crippen molar-refractivity contribution in [2.75, 3.05) is 6.61 Å². The molecule has 1 aromatic rings. The van der Waals surface area contributed by atoms with Crippen molar-refractivity contribution in [1.82, 2.24) is 0 Å². The Morgan fingerprint density at radius 1 is 1.14 bits per heavy atom. The minimum absolute atomic E-state index is 0.0412. The highest BCUT2D eigenvalue weighted by Gasteiger charge is 2.45. The van der Waals surface area contributed by atoms with Crippen LogP contribution in [-0.2, 0) is 19.1 Å². The molecule has 29 heavy (non-hydrogen) atoms. The summed E-state index contributed by atoms with van der Waals surface area (Å²) in [6.45, 7) is 4.87. The molecule has 10 heteroatoms. The van der Waals surface area contributed by atoms with Gasteiger partial charge in [-0.15, -0.1) is 0 Å².